The Hall–Kier alpha value is -2.08. The van der Waals surface area contributed by atoms with Crippen LogP contribution < -0.4 is 10.9 Å². The summed E-state index contributed by atoms with van der Waals surface area (Å²) in [6.45, 7) is 1.88. The van der Waals surface area contributed by atoms with E-state index in [9.17, 15) is 9.59 Å². The third-order valence-corrected chi connectivity index (χ3v) is 5.35. The predicted molar refractivity (Wildman–Crippen MR) is 98.0 cm³/mol. The topological polar surface area (TPSA) is 58.2 Å². The van der Waals surface area contributed by atoms with Gasteiger partial charge in [-0.15, -0.1) is 11.3 Å². The standard InChI is InChI=1S/C17H12Cl2N2O2S/c1-9-11-4-2-3-5-14(11)24-15(9)17(23)21-20-16(22)12-8-10(18)6-7-13(12)19/h2-8H,1H3,(H,20,22)(H,21,23). The molecule has 0 spiro atoms. The van der Waals surface area contributed by atoms with E-state index in [0.717, 1.165) is 15.6 Å². The quantitative estimate of drug-likeness (QED) is 0.640. The van der Waals surface area contributed by atoms with Crippen molar-refractivity contribution in [1.29, 1.82) is 0 Å². The van der Waals surface area contributed by atoms with E-state index in [1.54, 1.807) is 6.07 Å². The number of aryl methyl sites for hydroxylation is 1. The molecule has 122 valence electrons. The molecule has 0 saturated carbocycles. The number of hydrogen-bond acceptors (Lipinski definition) is 3. The lowest BCUT2D eigenvalue weighted by atomic mass is 10.1. The van der Waals surface area contributed by atoms with Crippen LogP contribution in [0.25, 0.3) is 10.1 Å². The molecule has 0 saturated heterocycles. The summed E-state index contributed by atoms with van der Waals surface area (Å²) in [7, 11) is 0. The Morgan fingerprint density at radius 1 is 1.00 bits per heavy atom. The lowest BCUT2D eigenvalue weighted by molar-refractivity contribution is 0.0848. The van der Waals surface area contributed by atoms with Crippen molar-refractivity contribution in [2.45, 2.75) is 6.92 Å². The number of hydrogen-bond donors (Lipinski definition) is 2. The van der Waals surface area contributed by atoms with Crippen molar-refractivity contribution < 1.29 is 9.59 Å². The molecule has 1 heterocycles. The number of fused-ring (bicyclic) bond motifs is 1. The van der Waals surface area contributed by atoms with Crippen LogP contribution in [-0.4, -0.2) is 11.8 Å². The molecule has 7 heteroatoms. The molecule has 2 aromatic carbocycles. The van der Waals surface area contributed by atoms with Crippen LogP contribution in [0.2, 0.25) is 10.0 Å². The van der Waals surface area contributed by atoms with Crippen molar-refractivity contribution in [3.8, 4) is 0 Å². The molecule has 2 amide bonds. The van der Waals surface area contributed by atoms with Crippen LogP contribution in [0.4, 0.5) is 0 Å². The fourth-order valence-electron chi connectivity index (χ4n) is 2.30. The summed E-state index contributed by atoms with van der Waals surface area (Å²) < 4.78 is 1.02. The predicted octanol–water partition coefficient (Wildman–Crippen LogP) is 4.59. The van der Waals surface area contributed by atoms with Crippen LogP contribution in [0.5, 0.6) is 0 Å². The molecule has 0 aliphatic carbocycles. The Morgan fingerprint density at radius 3 is 2.46 bits per heavy atom. The molecule has 2 N–H and O–H groups in total. The maximum Gasteiger partial charge on any atom is 0.280 e. The van der Waals surface area contributed by atoms with Gasteiger partial charge in [0.25, 0.3) is 11.8 Å². The van der Waals surface area contributed by atoms with Crippen molar-refractivity contribution in [3.05, 3.63) is 68.5 Å². The molecule has 0 bridgehead atoms. The summed E-state index contributed by atoms with van der Waals surface area (Å²) in [5.41, 5.74) is 5.85. The second-order valence-corrected chi connectivity index (χ2v) is 6.98. The first-order valence-electron chi connectivity index (χ1n) is 7.01. The van der Waals surface area contributed by atoms with Gasteiger partial charge in [-0.25, -0.2) is 0 Å². The third-order valence-electron chi connectivity index (χ3n) is 3.51. The minimum absolute atomic E-state index is 0.192. The first-order chi connectivity index (χ1) is 11.5. The van der Waals surface area contributed by atoms with E-state index in [2.05, 4.69) is 10.9 Å². The maximum absolute atomic E-state index is 12.3. The Balaban J connectivity index is 1.76. The van der Waals surface area contributed by atoms with E-state index >= 15 is 0 Å². The zero-order valence-corrected chi connectivity index (χ0v) is 14.9. The fraction of sp³-hybridized carbons (Fsp3) is 0.0588. The van der Waals surface area contributed by atoms with Crippen molar-refractivity contribution in [2.75, 3.05) is 0 Å². The van der Waals surface area contributed by atoms with Gasteiger partial charge in [0.2, 0.25) is 0 Å². The van der Waals surface area contributed by atoms with Crippen molar-refractivity contribution in [3.63, 3.8) is 0 Å². The number of rotatable bonds is 2. The normalized spacial score (nSPS) is 10.6. The Morgan fingerprint density at radius 2 is 1.71 bits per heavy atom. The number of nitrogens with one attached hydrogen (secondary N) is 2. The number of amides is 2. The molecule has 3 aromatic rings. The highest BCUT2D eigenvalue weighted by molar-refractivity contribution is 7.21. The summed E-state index contributed by atoms with van der Waals surface area (Å²) in [6, 6.07) is 12.3. The Bertz CT molecular complexity index is 953. The van der Waals surface area contributed by atoms with E-state index in [1.807, 2.05) is 31.2 Å². The minimum Gasteiger partial charge on any atom is -0.267 e. The molecule has 0 atom stereocenters. The number of benzene rings is 2. The highest BCUT2D eigenvalue weighted by Gasteiger charge is 2.17. The molecule has 3 rings (SSSR count). The largest absolute Gasteiger partial charge is 0.280 e. The second kappa shape index (κ2) is 6.81. The first-order valence-corrected chi connectivity index (χ1v) is 8.58. The van der Waals surface area contributed by atoms with Crippen LogP contribution in [0.3, 0.4) is 0 Å². The maximum atomic E-state index is 12.3. The molecule has 0 aliphatic rings. The summed E-state index contributed by atoms with van der Waals surface area (Å²) in [4.78, 5) is 25.0. The third kappa shape index (κ3) is 3.24. The summed E-state index contributed by atoms with van der Waals surface area (Å²) in [5.74, 6) is -0.908. The number of thiophene rings is 1. The van der Waals surface area contributed by atoms with Gasteiger partial charge >= 0.3 is 0 Å². The number of halogens is 2. The highest BCUT2D eigenvalue weighted by atomic mass is 35.5. The van der Waals surface area contributed by atoms with E-state index in [4.69, 9.17) is 23.2 Å². The summed E-state index contributed by atoms with van der Waals surface area (Å²) >= 11 is 13.2. The van der Waals surface area contributed by atoms with Gasteiger partial charge in [-0.1, -0.05) is 41.4 Å². The van der Waals surface area contributed by atoms with Gasteiger partial charge in [-0.2, -0.15) is 0 Å². The van der Waals surface area contributed by atoms with Gasteiger partial charge in [0, 0.05) is 9.72 Å². The van der Waals surface area contributed by atoms with E-state index < -0.39 is 5.91 Å². The van der Waals surface area contributed by atoms with Gasteiger partial charge < -0.3 is 0 Å². The van der Waals surface area contributed by atoms with Gasteiger partial charge in [-0.05, 0) is 42.1 Å². The molecule has 0 aliphatic heterocycles. The smallest absolute Gasteiger partial charge is 0.267 e. The van der Waals surface area contributed by atoms with Gasteiger partial charge in [0.1, 0.15) is 0 Å². The zero-order chi connectivity index (χ0) is 17.3. The summed E-state index contributed by atoms with van der Waals surface area (Å²) in [6.07, 6.45) is 0. The fourth-order valence-corrected chi connectivity index (χ4v) is 3.78. The average molecular weight is 379 g/mol. The average Bonchev–Trinajstić information content (AvgIpc) is 2.92. The van der Waals surface area contributed by atoms with Crippen molar-refractivity contribution in [1.82, 2.24) is 10.9 Å². The minimum atomic E-state index is -0.533. The van der Waals surface area contributed by atoms with E-state index in [1.165, 1.54) is 23.5 Å². The molecule has 1 aromatic heterocycles. The molecule has 0 radical (unpaired) electrons. The van der Waals surface area contributed by atoms with Crippen LogP contribution in [0.15, 0.2) is 42.5 Å². The lowest BCUT2D eigenvalue weighted by Crippen LogP contribution is -2.41. The molecule has 0 fully saturated rings. The lowest BCUT2D eigenvalue weighted by Gasteiger charge is -2.08. The highest BCUT2D eigenvalue weighted by Crippen LogP contribution is 2.30. The van der Waals surface area contributed by atoms with Crippen molar-refractivity contribution in [2.24, 2.45) is 0 Å². The van der Waals surface area contributed by atoms with E-state index in [0.29, 0.717) is 9.90 Å². The Labute approximate surface area is 152 Å². The second-order valence-electron chi connectivity index (χ2n) is 5.08. The zero-order valence-electron chi connectivity index (χ0n) is 12.5. The molecule has 24 heavy (non-hydrogen) atoms. The van der Waals surface area contributed by atoms with Crippen molar-refractivity contribution >= 4 is 56.4 Å². The first kappa shape index (κ1) is 16.8. The molecular formula is C17H12Cl2N2O2S. The number of carbonyl (C=O) groups is 2. The molecule has 4 nitrogen and oxygen atoms in total. The summed E-state index contributed by atoms with van der Waals surface area (Å²) in [5, 5.41) is 1.66. The number of hydrazine groups is 1. The van der Waals surface area contributed by atoms with Crippen LogP contribution in [0.1, 0.15) is 25.6 Å². The van der Waals surface area contributed by atoms with Crippen LogP contribution in [-0.2, 0) is 0 Å². The van der Waals surface area contributed by atoms with Gasteiger partial charge in [0.15, 0.2) is 0 Å². The monoisotopic (exact) mass is 378 g/mol. The van der Waals surface area contributed by atoms with E-state index in [-0.39, 0.29) is 16.5 Å². The SMILES string of the molecule is Cc1c(C(=O)NNC(=O)c2cc(Cl)ccc2Cl)sc2ccccc12. The van der Waals surface area contributed by atoms with Crippen LogP contribution >= 0.6 is 34.5 Å². The van der Waals surface area contributed by atoms with Gasteiger partial charge in [-0.3, -0.25) is 20.4 Å². The Kier molecular flexibility index (Phi) is 4.76. The number of carbonyl (C=O) groups excluding carboxylic acids is 2. The molecule has 0 unspecified atom stereocenters. The molecular weight excluding hydrogens is 367 g/mol. The van der Waals surface area contributed by atoms with Gasteiger partial charge in [0.05, 0.1) is 15.5 Å². The van der Waals surface area contributed by atoms with Crippen LogP contribution in [0, 0.1) is 6.92 Å².